The molecule has 0 aliphatic heterocycles. The number of hydrogen-bond donors (Lipinski definition) is 1. The molecule has 140 valence electrons. The van der Waals surface area contributed by atoms with E-state index in [-0.39, 0.29) is 11.2 Å². The van der Waals surface area contributed by atoms with Gasteiger partial charge in [-0.2, -0.15) is 0 Å². The van der Waals surface area contributed by atoms with Gasteiger partial charge in [0, 0.05) is 29.5 Å². The lowest BCUT2D eigenvalue weighted by atomic mass is 10.0. The van der Waals surface area contributed by atoms with Crippen molar-refractivity contribution in [2.75, 3.05) is 26.4 Å². The Morgan fingerprint density at radius 1 is 0.964 bits per heavy atom. The molecular formula is C22H20N4O2. The third kappa shape index (κ3) is 2.18. The fourth-order valence-corrected chi connectivity index (χ4v) is 4.13. The first-order valence-electron chi connectivity index (χ1n) is 9.23. The molecule has 0 unspecified atom stereocenters. The van der Waals surface area contributed by atoms with E-state index >= 15 is 0 Å². The zero-order valence-electron chi connectivity index (χ0n) is 15.8. The summed E-state index contributed by atoms with van der Waals surface area (Å²) < 4.78 is 3.03. The fraction of sp³-hybridized carbons (Fsp3) is 0.182. The number of nitrogens with zero attached hydrogens (tertiary/aromatic N) is 3. The number of fused-ring (bicyclic) bond motifs is 5. The second-order valence-corrected chi connectivity index (χ2v) is 7.52. The molecule has 2 N–H and O–H groups in total. The zero-order chi connectivity index (χ0) is 19.6. The summed E-state index contributed by atoms with van der Waals surface area (Å²) in [4.78, 5) is 28.3. The van der Waals surface area contributed by atoms with Gasteiger partial charge in [-0.05, 0) is 49.1 Å². The van der Waals surface area contributed by atoms with E-state index in [0.717, 1.165) is 27.1 Å². The number of para-hydroxylation sites is 1. The van der Waals surface area contributed by atoms with Crippen molar-refractivity contribution >= 4 is 43.7 Å². The SMILES string of the molecule is CN(C)CCn1c(=O)c2cccc3c4c5ccc(N)cc5ccc4n(c1=O)c23. The molecular weight excluding hydrogens is 352 g/mol. The first-order chi connectivity index (χ1) is 13.5. The van der Waals surface area contributed by atoms with Gasteiger partial charge in [-0.3, -0.25) is 13.8 Å². The van der Waals surface area contributed by atoms with Gasteiger partial charge < -0.3 is 10.6 Å². The number of nitrogens with two attached hydrogens (primary N) is 1. The predicted octanol–water partition coefficient (Wildman–Crippen LogP) is 2.50. The third-order valence-corrected chi connectivity index (χ3v) is 5.46. The van der Waals surface area contributed by atoms with Crippen molar-refractivity contribution in [3.05, 3.63) is 69.4 Å². The quantitative estimate of drug-likeness (QED) is 0.494. The van der Waals surface area contributed by atoms with Crippen LogP contribution in [0.4, 0.5) is 5.69 Å². The van der Waals surface area contributed by atoms with Gasteiger partial charge >= 0.3 is 5.69 Å². The van der Waals surface area contributed by atoms with Crippen LogP contribution < -0.4 is 17.0 Å². The van der Waals surface area contributed by atoms with Crippen molar-refractivity contribution in [1.82, 2.24) is 13.9 Å². The van der Waals surface area contributed by atoms with Gasteiger partial charge in [0.25, 0.3) is 5.56 Å². The third-order valence-electron chi connectivity index (χ3n) is 5.46. The number of nitrogen functional groups attached to an aromatic ring is 1. The molecule has 0 aliphatic carbocycles. The summed E-state index contributed by atoms with van der Waals surface area (Å²) in [5.41, 5.74) is 7.62. The Morgan fingerprint density at radius 3 is 2.54 bits per heavy atom. The minimum absolute atomic E-state index is 0.235. The average molecular weight is 372 g/mol. The largest absolute Gasteiger partial charge is 0.399 e. The van der Waals surface area contributed by atoms with Crippen LogP contribution >= 0.6 is 0 Å². The Hall–Kier alpha value is -3.38. The maximum Gasteiger partial charge on any atom is 0.336 e. The van der Waals surface area contributed by atoms with Crippen LogP contribution in [0.25, 0.3) is 38.0 Å². The minimum Gasteiger partial charge on any atom is -0.399 e. The van der Waals surface area contributed by atoms with Crippen LogP contribution in [0, 0.1) is 0 Å². The number of hydrogen-bond acceptors (Lipinski definition) is 4. The summed E-state index contributed by atoms with van der Waals surface area (Å²) in [7, 11) is 3.85. The van der Waals surface area contributed by atoms with E-state index in [4.69, 9.17) is 5.73 Å². The summed E-state index contributed by atoms with van der Waals surface area (Å²) in [5, 5.41) is 4.49. The van der Waals surface area contributed by atoms with Gasteiger partial charge in [-0.1, -0.05) is 24.3 Å². The highest BCUT2D eigenvalue weighted by Gasteiger charge is 2.19. The molecule has 0 bridgehead atoms. The van der Waals surface area contributed by atoms with Crippen LogP contribution in [0.1, 0.15) is 0 Å². The lowest BCUT2D eigenvalue weighted by Gasteiger charge is -2.12. The molecule has 5 aromatic rings. The second-order valence-electron chi connectivity index (χ2n) is 7.52. The highest BCUT2D eigenvalue weighted by atomic mass is 16.2. The molecule has 0 saturated heterocycles. The molecule has 0 amide bonds. The van der Waals surface area contributed by atoms with E-state index in [1.54, 1.807) is 10.5 Å². The Balaban J connectivity index is 2.01. The topological polar surface area (TPSA) is 72.7 Å². The Kier molecular flexibility index (Phi) is 3.48. The summed E-state index contributed by atoms with van der Waals surface area (Å²) >= 11 is 0. The van der Waals surface area contributed by atoms with Gasteiger partial charge in [0.05, 0.1) is 16.4 Å². The van der Waals surface area contributed by atoms with E-state index in [1.807, 2.05) is 61.5 Å². The first kappa shape index (κ1) is 16.8. The predicted molar refractivity (Wildman–Crippen MR) is 115 cm³/mol. The molecule has 6 nitrogen and oxygen atoms in total. The highest BCUT2D eigenvalue weighted by Crippen LogP contribution is 2.35. The highest BCUT2D eigenvalue weighted by molar-refractivity contribution is 6.23. The van der Waals surface area contributed by atoms with Crippen LogP contribution in [-0.2, 0) is 6.54 Å². The molecule has 0 radical (unpaired) electrons. The molecule has 0 aliphatic rings. The van der Waals surface area contributed by atoms with E-state index in [2.05, 4.69) is 0 Å². The molecule has 0 spiro atoms. The smallest absolute Gasteiger partial charge is 0.336 e. The number of anilines is 1. The first-order valence-corrected chi connectivity index (χ1v) is 9.23. The van der Waals surface area contributed by atoms with E-state index in [0.29, 0.717) is 29.7 Å². The van der Waals surface area contributed by atoms with Gasteiger partial charge in [0.1, 0.15) is 0 Å². The molecule has 2 heterocycles. The van der Waals surface area contributed by atoms with E-state index in [9.17, 15) is 9.59 Å². The average Bonchev–Trinajstić information content (AvgIpc) is 3.01. The van der Waals surface area contributed by atoms with E-state index in [1.165, 1.54) is 4.57 Å². The molecule has 28 heavy (non-hydrogen) atoms. The van der Waals surface area contributed by atoms with Crippen molar-refractivity contribution in [2.45, 2.75) is 6.54 Å². The molecule has 0 fully saturated rings. The normalized spacial score (nSPS) is 12.2. The molecule has 3 aromatic carbocycles. The monoisotopic (exact) mass is 372 g/mol. The van der Waals surface area contributed by atoms with Crippen molar-refractivity contribution in [1.29, 1.82) is 0 Å². The number of aromatic nitrogens is 2. The van der Waals surface area contributed by atoms with Gasteiger partial charge in [0.15, 0.2) is 0 Å². The van der Waals surface area contributed by atoms with Crippen molar-refractivity contribution in [2.24, 2.45) is 0 Å². The number of benzene rings is 3. The van der Waals surface area contributed by atoms with Crippen LogP contribution in [0.2, 0.25) is 0 Å². The van der Waals surface area contributed by atoms with Crippen LogP contribution in [0.5, 0.6) is 0 Å². The van der Waals surface area contributed by atoms with E-state index < -0.39 is 0 Å². The summed E-state index contributed by atoms with van der Waals surface area (Å²) in [6.07, 6.45) is 0. The lowest BCUT2D eigenvalue weighted by molar-refractivity contribution is 0.376. The van der Waals surface area contributed by atoms with Crippen LogP contribution in [0.15, 0.2) is 58.1 Å². The maximum atomic E-state index is 13.3. The van der Waals surface area contributed by atoms with Crippen LogP contribution in [-0.4, -0.2) is 34.5 Å². The van der Waals surface area contributed by atoms with Crippen molar-refractivity contribution in [3.63, 3.8) is 0 Å². The summed E-state index contributed by atoms with van der Waals surface area (Å²) in [6.45, 7) is 0.967. The Labute approximate surface area is 160 Å². The fourth-order valence-electron chi connectivity index (χ4n) is 4.13. The van der Waals surface area contributed by atoms with Gasteiger partial charge in [-0.15, -0.1) is 0 Å². The van der Waals surface area contributed by atoms with Crippen molar-refractivity contribution in [3.8, 4) is 0 Å². The number of rotatable bonds is 3. The number of likely N-dealkylation sites (N-methyl/N-ethyl adjacent to an activating group) is 1. The molecule has 5 rings (SSSR count). The van der Waals surface area contributed by atoms with Crippen LogP contribution in [0.3, 0.4) is 0 Å². The Morgan fingerprint density at radius 2 is 1.75 bits per heavy atom. The minimum atomic E-state index is -0.291. The lowest BCUT2D eigenvalue weighted by Crippen LogP contribution is -2.39. The van der Waals surface area contributed by atoms with Crippen molar-refractivity contribution < 1.29 is 0 Å². The molecule has 0 saturated carbocycles. The zero-order valence-corrected chi connectivity index (χ0v) is 15.8. The molecule has 0 atom stereocenters. The van der Waals surface area contributed by atoms with Gasteiger partial charge in [0.2, 0.25) is 0 Å². The van der Waals surface area contributed by atoms with Gasteiger partial charge in [-0.25, -0.2) is 4.79 Å². The molecule has 2 aromatic heterocycles. The summed E-state index contributed by atoms with van der Waals surface area (Å²) in [5.74, 6) is 0. The summed E-state index contributed by atoms with van der Waals surface area (Å²) in [6, 6.07) is 15.4. The molecule has 6 heteroatoms. The second kappa shape index (κ2) is 5.81. The Bertz CT molecular complexity index is 1490. The standard InChI is InChI=1S/C22H20N4O2/c1-24(2)10-11-25-21(27)17-5-3-4-16-19-15-8-7-14(23)12-13(15)6-9-18(19)26(20(16)17)22(25)28/h3-9,12H,10-11,23H2,1-2H3. The maximum absolute atomic E-state index is 13.3.